The zero-order chi connectivity index (χ0) is 17.6. The van der Waals surface area contributed by atoms with Crippen LogP contribution in [0.4, 0.5) is 0 Å². The van der Waals surface area contributed by atoms with Gasteiger partial charge in [-0.3, -0.25) is 4.90 Å². The predicted molar refractivity (Wildman–Crippen MR) is 97.2 cm³/mol. The molecule has 0 amide bonds. The topological polar surface area (TPSA) is 59.0 Å². The maximum absolute atomic E-state index is 11.6. The van der Waals surface area contributed by atoms with E-state index >= 15 is 0 Å². The fourth-order valence-corrected chi connectivity index (χ4v) is 3.80. The molecular weight excluding hydrogens is 338 g/mol. The molecule has 1 aliphatic rings. The maximum Gasteiger partial charge on any atom is 0.338 e. The lowest BCUT2D eigenvalue weighted by molar-refractivity contribution is 0.0525. The molecule has 25 heavy (non-hydrogen) atoms. The first kappa shape index (κ1) is 17.9. The number of benzene rings is 1. The van der Waals surface area contributed by atoms with E-state index in [1.807, 2.05) is 11.3 Å². The van der Waals surface area contributed by atoms with Gasteiger partial charge >= 0.3 is 5.97 Å². The molecule has 1 aromatic carbocycles. The lowest BCUT2D eigenvalue weighted by Crippen LogP contribution is -2.38. The molecule has 0 saturated heterocycles. The largest absolute Gasteiger partial charge is 0.491 e. The van der Waals surface area contributed by atoms with Crippen molar-refractivity contribution in [3.63, 3.8) is 0 Å². The molecular formula is C19H23NO4S. The van der Waals surface area contributed by atoms with Crippen molar-refractivity contribution in [2.45, 2.75) is 26.0 Å². The van der Waals surface area contributed by atoms with E-state index in [1.165, 1.54) is 10.4 Å². The molecule has 6 heteroatoms. The Morgan fingerprint density at radius 2 is 2.12 bits per heavy atom. The minimum absolute atomic E-state index is 0.228. The van der Waals surface area contributed by atoms with Crippen molar-refractivity contribution in [2.75, 3.05) is 26.3 Å². The fourth-order valence-electron chi connectivity index (χ4n) is 2.91. The third kappa shape index (κ3) is 4.81. The Balaban J connectivity index is 1.44. The van der Waals surface area contributed by atoms with Crippen LogP contribution in [0.3, 0.4) is 0 Å². The lowest BCUT2D eigenvalue weighted by Gasteiger charge is -2.28. The summed E-state index contributed by atoms with van der Waals surface area (Å²) in [5, 5.41) is 12.4. The number of aliphatic hydroxyl groups excluding tert-OH is 1. The zero-order valence-corrected chi connectivity index (χ0v) is 15.1. The number of hydrogen-bond donors (Lipinski definition) is 1. The molecule has 3 rings (SSSR count). The second-order valence-electron chi connectivity index (χ2n) is 6.06. The van der Waals surface area contributed by atoms with Gasteiger partial charge in [-0.15, -0.1) is 11.3 Å². The summed E-state index contributed by atoms with van der Waals surface area (Å²) in [6.07, 6.45) is 0.500. The molecule has 5 nitrogen and oxygen atoms in total. The van der Waals surface area contributed by atoms with Gasteiger partial charge in [0, 0.05) is 24.5 Å². The number of nitrogens with zero attached hydrogens (tertiary/aromatic N) is 1. The lowest BCUT2D eigenvalue weighted by atomic mass is 10.1. The second-order valence-corrected chi connectivity index (χ2v) is 7.06. The number of hydrogen-bond acceptors (Lipinski definition) is 6. The molecule has 0 saturated carbocycles. The number of aliphatic hydroxyl groups is 1. The number of esters is 1. The van der Waals surface area contributed by atoms with Gasteiger partial charge in [0.05, 0.1) is 12.2 Å². The number of rotatable bonds is 7. The van der Waals surface area contributed by atoms with E-state index in [0.29, 0.717) is 24.5 Å². The maximum atomic E-state index is 11.6. The van der Waals surface area contributed by atoms with E-state index in [0.717, 1.165) is 19.5 Å². The summed E-state index contributed by atoms with van der Waals surface area (Å²) in [6, 6.07) is 8.94. The first-order chi connectivity index (χ1) is 12.2. The summed E-state index contributed by atoms with van der Waals surface area (Å²) in [7, 11) is 0. The summed E-state index contributed by atoms with van der Waals surface area (Å²) in [5.41, 5.74) is 1.87. The van der Waals surface area contributed by atoms with Gasteiger partial charge in [-0.05, 0) is 54.6 Å². The van der Waals surface area contributed by atoms with E-state index in [1.54, 1.807) is 31.2 Å². The van der Waals surface area contributed by atoms with Crippen LogP contribution in [-0.2, 0) is 17.7 Å². The monoisotopic (exact) mass is 361 g/mol. The van der Waals surface area contributed by atoms with Crippen LogP contribution in [0.15, 0.2) is 35.7 Å². The Labute approximate surface area is 151 Å². The summed E-state index contributed by atoms with van der Waals surface area (Å²) in [5.74, 6) is 0.290. The Bertz CT molecular complexity index is 698. The Morgan fingerprint density at radius 3 is 2.88 bits per heavy atom. The number of thiophene rings is 1. The normalized spacial score (nSPS) is 15.4. The molecule has 1 aromatic heterocycles. The number of fused-ring (bicyclic) bond motifs is 1. The Kier molecular flexibility index (Phi) is 6.07. The van der Waals surface area contributed by atoms with Crippen LogP contribution in [0.2, 0.25) is 0 Å². The molecule has 2 aromatic rings. The van der Waals surface area contributed by atoms with Crippen molar-refractivity contribution >= 4 is 17.3 Å². The van der Waals surface area contributed by atoms with Crippen LogP contribution in [0.5, 0.6) is 5.75 Å². The van der Waals surface area contributed by atoms with Crippen LogP contribution in [-0.4, -0.2) is 48.4 Å². The van der Waals surface area contributed by atoms with Crippen LogP contribution in [0, 0.1) is 0 Å². The average Bonchev–Trinajstić information content (AvgIpc) is 3.08. The van der Waals surface area contributed by atoms with E-state index in [9.17, 15) is 9.90 Å². The van der Waals surface area contributed by atoms with Crippen molar-refractivity contribution in [3.05, 3.63) is 51.7 Å². The van der Waals surface area contributed by atoms with E-state index < -0.39 is 6.10 Å². The molecule has 1 atom stereocenters. The third-order valence-corrected chi connectivity index (χ3v) is 5.19. The first-order valence-corrected chi connectivity index (χ1v) is 9.39. The quantitative estimate of drug-likeness (QED) is 0.769. The van der Waals surface area contributed by atoms with Gasteiger partial charge in [-0.1, -0.05) is 0 Å². The highest BCUT2D eigenvalue weighted by Crippen LogP contribution is 2.24. The summed E-state index contributed by atoms with van der Waals surface area (Å²) < 4.78 is 10.6. The number of β-amino-alcohol motifs (C(OH)–C–C–N with tert-alkyl or cyclic N) is 1. The number of carbonyl (C=O) groups is 1. The van der Waals surface area contributed by atoms with E-state index in [2.05, 4.69) is 16.3 Å². The van der Waals surface area contributed by atoms with Crippen LogP contribution < -0.4 is 4.74 Å². The Hall–Kier alpha value is -1.89. The van der Waals surface area contributed by atoms with Gasteiger partial charge < -0.3 is 14.6 Å². The predicted octanol–water partition coefficient (Wildman–Crippen LogP) is 2.72. The zero-order valence-electron chi connectivity index (χ0n) is 14.3. The minimum atomic E-state index is -0.551. The van der Waals surface area contributed by atoms with Gasteiger partial charge in [0.2, 0.25) is 0 Å². The standard InChI is InChI=1S/C19H23NO4S/c1-2-23-19(22)14-3-5-17(6-4-14)24-13-16(21)12-20-9-7-18-15(11-20)8-10-25-18/h3-6,8,10,16,21H,2,7,9,11-13H2,1H3. The second kappa shape index (κ2) is 8.47. The minimum Gasteiger partial charge on any atom is -0.491 e. The third-order valence-electron chi connectivity index (χ3n) is 4.16. The molecule has 1 aliphatic heterocycles. The molecule has 0 bridgehead atoms. The SMILES string of the molecule is CCOC(=O)c1ccc(OCC(O)CN2CCc3sccc3C2)cc1. The van der Waals surface area contributed by atoms with Crippen molar-refractivity contribution in [3.8, 4) is 5.75 Å². The van der Waals surface area contributed by atoms with Crippen molar-refractivity contribution in [1.82, 2.24) is 4.90 Å². The van der Waals surface area contributed by atoms with Gasteiger partial charge in [0.1, 0.15) is 18.5 Å². The van der Waals surface area contributed by atoms with Crippen LogP contribution >= 0.6 is 11.3 Å². The summed E-state index contributed by atoms with van der Waals surface area (Å²) >= 11 is 1.81. The molecule has 0 fully saturated rings. The van der Waals surface area contributed by atoms with Crippen LogP contribution in [0.1, 0.15) is 27.7 Å². The highest BCUT2D eigenvalue weighted by atomic mass is 32.1. The highest BCUT2D eigenvalue weighted by molar-refractivity contribution is 7.10. The molecule has 1 N–H and O–H groups in total. The Morgan fingerprint density at radius 1 is 1.32 bits per heavy atom. The highest BCUT2D eigenvalue weighted by Gasteiger charge is 2.19. The van der Waals surface area contributed by atoms with Gasteiger partial charge in [0.15, 0.2) is 0 Å². The van der Waals surface area contributed by atoms with E-state index in [-0.39, 0.29) is 12.6 Å². The smallest absolute Gasteiger partial charge is 0.338 e. The molecule has 0 radical (unpaired) electrons. The van der Waals surface area contributed by atoms with Crippen LogP contribution in [0.25, 0.3) is 0 Å². The van der Waals surface area contributed by atoms with E-state index in [4.69, 9.17) is 9.47 Å². The molecule has 0 spiro atoms. The number of ether oxygens (including phenoxy) is 2. The molecule has 0 aliphatic carbocycles. The number of carbonyl (C=O) groups excluding carboxylic acids is 1. The molecule has 2 heterocycles. The van der Waals surface area contributed by atoms with Crippen molar-refractivity contribution < 1.29 is 19.4 Å². The fraction of sp³-hybridized carbons (Fsp3) is 0.421. The molecule has 134 valence electrons. The first-order valence-electron chi connectivity index (χ1n) is 8.51. The van der Waals surface area contributed by atoms with Crippen molar-refractivity contribution in [1.29, 1.82) is 0 Å². The summed E-state index contributed by atoms with van der Waals surface area (Å²) in [6.45, 7) is 4.82. The summed E-state index contributed by atoms with van der Waals surface area (Å²) in [4.78, 5) is 15.3. The van der Waals surface area contributed by atoms with Crippen molar-refractivity contribution in [2.24, 2.45) is 0 Å². The van der Waals surface area contributed by atoms with Gasteiger partial charge in [-0.2, -0.15) is 0 Å². The van der Waals surface area contributed by atoms with Gasteiger partial charge in [0.25, 0.3) is 0 Å². The molecule has 1 unspecified atom stereocenters. The van der Waals surface area contributed by atoms with Gasteiger partial charge in [-0.25, -0.2) is 4.79 Å². The average molecular weight is 361 g/mol.